The third-order valence-corrected chi connectivity index (χ3v) is 4.95. The van der Waals surface area contributed by atoms with E-state index in [-0.39, 0.29) is 23.3 Å². The van der Waals surface area contributed by atoms with E-state index in [9.17, 15) is 22.8 Å². The maximum atomic E-state index is 13.3. The number of alkyl carbamates (subject to hydrolysis) is 1. The first kappa shape index (κ1) is 23.8. The van der Waals surface area contributed by atoms with Gasteiger partial charge in [0.05, 0.1) is 18.2 Å². The maximum absolute atomic E-state index is 13.3. The van der Waals surface area contributed by atoms with Crippen molar-refractivity contribution in [3.05, 3.63) is 28.8 Å². The van der Waals surface area contributed by atoms with E-state index in [0.29, 0.717) is 31.2 Å². The molecule has 6 nitrogen and oxygen atoms in total. The van der Waals surface area contributed by atoms with Crippen molar-refractivity contribution in [3.63, 3.8) is 0 Å². The molecule has 2 rings (SSSR count). The predicted octanol–water partition coefficient (Wildman–Crippen LogP) is 5.05. The summed E-state index contributed by atoms with van der Waals surface area (Å²) in [5.74, 6) is -0.813. The second kappa shape index (κ2) is 9.14. The van der Waals surface area contributed by atoms with Gasteiger partial charge in [0.2, 0.25) is 0 Å². The van der Waals surface area contributed by atoms with Crippen LogP contribution >= 0.6 is 0 Å². The van der Waals surface area contributed by atoms with Gasteiger partial charge in [0, 0.05) is 17.8 Å². The van der Waals surface area contributed by atoms with E-state index in [1.165, 1.54) is 0 Å². The highest BCUT2D eigenvalue weighted by Crippen LogP contribution is 2.35. The molecule has 2 N–H and O–H groups in total. The van der Waals surface area contributed by atoms with Crippen molar-refractivity contribution < 1.29 is 32.2 Å². The zero-order valence-corrected chi connectivity index (χ0v) is 17.9. The second-order valence-electron chi connectivity index (χ2n) is 8.52. The Morgan fingerprint density at radius 3 is 2.10 bits per heavy atom. The van der Waals surface area contributed by atoms with Crippen molar-refractivity contribution in [3.8, 4) is 0 Å². The number of carbonyl (C=O) groups is 2. The number of ether oxygens (including phenoxy) is 2. The van der Waals surface area contributed by atoms with Crippen LogP contribution in [-0.2, 0) is 15.7 Å². The average molecular weight is 430 g/mol. The Morgan fingerprint density at radius 1 is 1.03 bits per heavy atom. The molecule has 1 fully saturated rings. The van der Waals surface area contributed by atoms with E-state index in [1.54, 1.807) is 27.7 Å². The first-order valence-corrected chi connectivity index (χ1v) is 9.86. The van der Waals surface area contributed by atoms with E-state index in [0.717, 1.165) is 19.2 Å². The molecule has 0 radical (unpaired) electrons. The number of methoxy groups -OCH3 is 1. The summed E-state index contributed by atoms with van der Waals surface area (Å²) in [5, 5.41) is 5.97. The number of amides is 1. The number of halogens is 3. The van der Waals surface area contributed by atoms with Gasteiger partial charge in [-0.2, -0.15) is 13.2 Å². The highest BCUT2D eigenvalue weighted by Gasteiger charge is 2.33. The fourth-order valence-electron chi connectivity index (χ4n) is 3.43. The number of rotatable bonds is 4. The predicted molar refractivity (Wildman–Crippen MR) is 107 cm³/mol. The van der Waals surface area contributed by atoms with Gasteiger partial charge in [-0.25, -0.2) is 9.59 Å². The van der Waals surface area contributed by atoms with Gasteiger partial charge in [-0.15, -0.1) is 0 Å². The van der Waals surface area contributed by atoms with Crippen molar-refractivity contribution in [2.45, 2.75) is 77.2 Å². The Bertz CT molecular complexity index is 780. The lowest BCUT2D eigenvalue weighted by Crippen LogP contribution is -2.42. The van der Waals surface area contributed by atoms with Gasteiger partial charge in [0.15, 0.2) is 0 Å². The van der Waals surface area contributed by atoms with Crippen LogP contribution in [0, 0.1) is 6.92 Å². The highest BCUT2D eigenvalue weighted by molar-refractivity contribution is 5.93. The molecule has 0 spiro atoms. The molecular formula is C21H29F3N2O4. The van der Waals surface area contributed by atoms with Crippen LogP contribution in [0.5, 0.6) is 0 Å². The minimum absolute atomic E-state index is 0.0499. The molecule has 1 amide bonds. The maximum Gasteiger partial charge on any atom is 0.416 e. The summed E-state index contributed by atoms with van der Waals surface area (Å²) in [6.45, 7) is 6.94. The zero-order valence-electron chi connectivity index (χ0n) is 17.9. The monoisotopic (exact) mass is 430 g/mol. The first-order chi connectivity index (χ1) is 13.8. The summed E-state index contributed by atoms with van der Waals surface area (Å²) in [7, 11) is 1.13. The number of benzene rings is 1. The molecule has 1 aromatic rings. The molecule has 1 aliphatic rings. The zero-order chi connectivity index (χ0) is 22.7. The van der Waals surface area contributed by atoms with E-state index in [2.05, 4.69) is 15.4 Å². The Labute approximate surface area is 174 Å². The van der Waals surface area contributed by atoms with Gasteiger partial charge in [0.1, 0.15) is 5.60 Å². The summed E-state index contributed by atoms with van der Waals surface area (Å²) in [6, 6.07) is 1.71. The van der Waals surface area contributed by atoms with Crippen LogP contribution in [0.1, 0.15) is 67.9 Å². The minimum atomic E-state index is -4.58. The lowest BCUT2D eigenvalue weighted by Gasteiger charge is -2.31. The average Bonchev–Trinajstić information content (AvgIpc) is 2.61. The van der Waals surface area contributed by atoms with Crippen molar-refractivity contribution in [1.82, 2.24) is 5.32 Å². The van der Waals surface area contributed by atoms with E-state index >= 15 is 0 Å². The van der Waals surface area contributed by atoms with Crippen molar-refractivity contribution in [2.24, 2.45) is 0 Å². The fourth-order valence-corrected chi connectivity index (χ4v) is 3.43. The molecular weight excluding hydrogens is 401 g/mol. The normalized spacial score (nSPS) is 19.7. The molecule has 0 unspecified atom stereocenters. The van der Waals surface area contributed by atoms with Gasteiger partial charge >= 0.3 is 18.2 Å². The Hall–Kier alpha value is -2.45. The summed E-state index contributed by atoms with van der Waals surface area (Å²) < 4.78 is 49.7. The first-order valence-electron chi connectivity index (χ1n) is 9.86. The van der Waals surface area contributed by atoms with Crippen LogP contribution < -0.4 is 10.6 Å². The van der Waals surface area contributed by atoms with Crippen molar-refractivity contribution in [2.75, 3.05) is 12.4 Å². The number of carbonyl (C=O) groups excluding carboxylic acids is 2. The van der Waals surface area contributed by atoms with Crippen molar-refractivity contribution in [1.29, 1.82) is 0 Å². The van der Waals surface area contributed by atoms with Gasteiger partial charge in [-0.1, -0.05) is 0 Å². The quantitative estimate of drug-likeness (QED) is 0.654. The van der Waals surface area contributed by atoms with Crippen LogP contribution in [0.2, 0.25) is 0 Å². The molecule has 9 heteroatoms. The molecule has 0 heterocycles. The van der Waals surface area contributed by atoms with Crippen LogP contribution in [-0.4, -0.2) is 36.9 Å². The number of hydrogen-bond acceptors (Lipinski definition) is 5. The topological polar surface area (TPSA) is 76.7 Å². The van der Waals surface area contributed by atoms with Gasteiger partial charge in [0.25, 0.3) is 0 Å². The lowest BCUT2D eigenvalue weighted by atomic mass is 9.90. The van der Waals surface area contributed by atoms with E-state index in [1.807, 2.05) is 0 Å². The molecule has 168 valence electrons. The van der Waals surface area contributed by atoms with E-state index in [4.69, 9.17) is 4.74 Å². The Balaban J connectivity index is 2.07. The molecule has 0 aliphatic heterocycles. The SMILES string of the molecule is COC(=O)c1cc(C(F)(F)F)cc(NC2CCC(NC(=O)OC(C)(C)C)CC2)c1C. The molecule has 30 heavy (non-hydrogen) atoms. The Morgan fingerprint density at radius 2 is 1.60 bits per heavy atom. The van der Waals surface area contributed by atoms with Crippen LogP contribution in [0.15, 0.2) is 12.1 Å². The third-order valence-electron chi connectivity index (χ3n) is 4.95. The second-order valence-corrected chi connectivity index (χ2v) is 8.52. The number of anilines is 1. The Kier molecular flexibility index (Phi) is 7.26. The molecule has 1 saturated carbocycles. The number of alkyl halides is 3. The van der Waals surface area contributed by atoms with Crippen molar-refractivity contribution >= 4 is 17.7 Å². The van der Waals surface area contributed by atoms with Crippen LogP contribution in [0.3, 0.4) is 0 Å². The number of nitrogens with one attached hydrogen (secondary N) is 2. The smallest absolute Gasteiger partial charge is 0.416 e. The highest BCUT2D eigenvalue weighted by atomic mass is 19.4. The van der Waals surface area contributed by atoms with Crippen LogP contribution in [0.25, 0.3) is 0 Å². The lowest BCUT2D eigenvalue weighted by molar-refractivity contribution is -0.137. The van der Waals surface area contributed by atoms with Gasteiger partial charge in [-0.3, -0.25) is 0 Å². The van der Waals surface area contributed by atoms with Crippen LogP contribution in [0.4, 0.5) is 23.7 Å². The third kappa shape index (κ3) is 6.53. The molecule has 1 aromatic carbocycles. The summed E-state index contributed by atoms with van der Waals surface area (Å²) >= 11 is 0. The largest absolute Gasteiger partial charge is 0.465 e. The standard InChI is InChI=1S/C21H29F3N2O4/c1-12-16(18(27)29-5)10-13(21(22,23)24)11-17(12)25-14-6-8-15(9-7-14)26-19(28)30-20(2,3)4/h10-11,14-15,25H,6-9H2,1-5H3,(H,26,28). The minimum Gasteiger partial charge on any atom is -0.465 e. The molecule has 0 aromatic heterocycles. The summed E-state index contributed by atoms with van der Waals surface area (Å²) in [5.41, 5.74) is -0.940. The van der Waals surface area contributed by atoms with E-state index < -0.39 is 29.4 Å². The molecule has 0 saturated heterocycles. The number of hydrogen-bond donors (Lipinski definition) is 2. The number of esters is 1. The molecule has 1 aliphatic carbocycles. The summed E-state index contributed by atoms with van der Waals surface area (Å²) in [6.07, 6.45) is -2.41. The molecule has 0 bridgehead atoms. The fraction of sp³-hybridized carbons (Fsp3) is 0.619. The summed E-state index contributed by atoms with van der Waals surface area (Å²) in [4.78, 5) is 23.8. The molecule has 0 atom stereocenters. The van der Waals surface area contributed by atoms with Gasteiger partial charge < -0.3 is 20.1 Å². The van der Waals surface area contributed by atoms with Gasteiger partial charge in [-0.05, 0) is 71.1 Å².